The quantitative estimate of drug-likeness (QED) is 0.588. The van der Waals surface area contributed by atoms with Gasteiger partial charge in [-0.2, -0.15) is 0 Å². The van der Waals surface area contributed by atoms with Gasteiger partial charge in [-0.3, -0.25) is 4.79 Å². The number of alkyl carbamates (subject to hydrolysis) is 1. The molecule has 0 unspecified atom stereocenters. The lowest BCUT2D eigenvalue weighted by Gasteiger charge is -2.20. The van der Waals surface area contributed by atoms with Gasteiger partial charge in [0.15, 0.2) is 0 Å². The van der Waals surface area contributed by atoms with Gasteiger partial charge in [0.2, 0.25) is 0 Å². The molecule has 8 nitrogen and oxygen atoms in total. The number of carboxylic acid groups (broad SMARTS) is 1. The van der Waals surface area contributed by atoms with E-state index in [0.29, 0.717) is 5.69 Å². The monoisotopic (exact) mass is 399 g/mol. The number of anilines is 2. The van der Waals surface area contributed by atoms with E-state index in [0.717, 1.165) is 11.3 Å². The molecule has 4 N–H and O–H groups in total. The van der Waals surface area contributed by atoms with Gasteiger partial charge in [-0.15, -0.1) is 0 Å². The van der Waals surface area contributed by atoms with Crippen LogP contribution in [0.5, 0.6) is 0 Å². The van der Waals surface area contributed by atoms with Gasteiger partial charge in [0.1, 0.15) is 5.60 Å². The van der Waals surface area contributed by atoms with Crippen LogP contribution in [0.4, 0.5) is 16.2 Å². The predicted octanol–water partition coefficient (Wildman–Crippen LogP) is 3.70. The lowest BCUT2D eigenvalue weighted by Crippen LogP contribution is -2.32. The molecule has 29 heavy (non-hydrogen) atoms. The third-order valence-electron chi connectivity index (χ3n) is 3.86. The Bertz CT molecular complexity index is 919. The molecule has 2 rings (SSSR count). The summed E-state index contributed by atoms with van der Waals surface area (Å²) in [6.07, 6.45) is -0.552. The molecular formula is C21H25N3O5. The highest BCUT2D eigenvalue weighted by Crippen LogP contribution is 2.22. The van der Waals surface area contributed by atoms with Crippen LogP contribution in [0.2, 0.25) is 0 Å². The second kappa shape index (κ2) is 9.09. The lowest BCUT2D eigenvalue weighted by molar-refractivity contribution is 0.0523. The molecule has 0 heterocycles. The Balaban J connectivity index is 2.17. The van der Waals surface area contributed by atoms with Crippen LogP contribution in [-0.4, -0.2) is 35.7 Å². The van der Waals surface area contributed by atoms with Crippen molar-refractivity contribution in [2.75, 3.05) is 17.7 Å². The van der Waals surface area contributed by atoms with Crippen LogP contribution in [0.15, 0.2) is 42.5 Å². The summed E-state index contributed by atoms with van der Waals surface area (Å²) >= 11 is 0. The molecule has 2 amide bonds. The molecule has 2 aromatic rings. The van der Waals surface area contributed by atoms with Gasteiger partial charge in [0.25, 0.3) is 5.91 Å². The largest absolute Gasteiger partial charge is 0.478 e. The number of carboxylic acids is 1. The average molecular weight is 399 g/mol. The van der Waals surface area contributed by atoms with Gasteiger partial charge in [0.05, 0.1) is 11.1 Å². The molecule has 0 bridgehead atoms. The maximum atomic E-state index is 12.5. The maximum Gasteiger partial charge on any atom is 0.407 e. The number of carbonyl (C=O) groups is 3. The topological polar surface area (TPSA) is 117 Å². The zero-order valence-electron chi connectivity index (χ0n) is 16.8. The van der Waals surface area contributed by atoms with Crippen molar-refractivity contribution in [1.29, 1.82) is 0 Å². The summed E-state index contributed by atoms with van der Waals surface area (Å²) in [6.45, 7) is 5.50. The number of aromatic carboxylic acids is 1. The van der Waals surface area contributed by atoms with E-state index in [-0.39, 0.29) is 17.7 Å². The predicted molar refractivity (Wildman–Crippen MR) is 110 cm³/mol. The number of rotatable bonds is 6. The van der Waals surface area contributed by atoms with E-state index in [1.165, 1.54) is 12.1 Å². The van der Waals surface area contributed by atoms with Crippen LogP contribution >= 0.6 is 0 Å². The number of ether oxygens (including phenoxy) is 1. The average Bonchev–Trinajstić information content (AvgIpc) is 2.65. The first kappa shape index (κ1) is 21.7. The minimum Gasteiger partial charge on any atom is -0.478 e. The fourth-order valence-electron chi connectivity index (χ4n) is 2.61. The molecule has 0 radical (unpaired) electrons. The van der Waals surface area contributed by atoms with Crippen molar-refractivity contribution in [1.82, 2.24) is 5.32 Å². The normalized spacial score (nSPS) is 10.8. The van der Waals surface area contributed by atoms with Gasteiger partial charge in [-0.25, -0.2) is 9.59 Å². The Morgan fingerprint density at radius 1 is 1.03 bits per heavy atom. The molecule has 2 aromatic carbocycles. The summed E-state index contributed by atoms with van der Waals surface area (Å²) in [5.74, 6) is -1.71. The van der Waals surface area contributed by atoms with E-state index in [4.69, 9.17) is 4.74 Å². The van der Waals surface area contributed by atoms with Crippen molar-refractivity contribution in [3.63, 3.8) is 0 Å². The van der Waals surface area contributed by atoms with Crippen molar-refractivity contribution in [2.45, 2.75) is 32.9 Å². The van der Waals surface area contributed by atoms with E-state index in [9.17, 15) is 19.5 Å². The molecular weight excluding hydrogens is 374 g/mol. The van der Waals surface area contributed by atoms with Gasteiger partial charge >= 0.3 is 12.1 Å². The van der Waals surface area contributed by atoms with E-state index in [1.807, 2.05) is 0 Å². The number of benzene rings is 2. The summed E-state index contributed by atoms with van der Waals surface area (Å²) in [4.78, 5) is 35.8. The Hall–Kier alpha value is -3.55. The van der Waals surface area contributed by atoms with Crippen molar-refractivity contribution in [2.24, 2.45) is 0 Å². The highest BCUT2D eigenvalue weighted by atomic mass is 16.6. The van der Waals surface area contributed by atoms with Crippen LogP contribution in [0.3, 0.4) is 0 Å². The zero-order valence-corrected chi connectivity index (χ0v) is 16.8. The van der Waals surface area contributed by atoms with Crippen LogP contribution in [-0.2, 0) is 11.3 Å². The Morgan fingerprint density at radius 2 is 1.69 bits per heavy atom. The van der Waals surface area contributed by atoms with Crippen molar-refractivity contribution >= 4 is 29.3 Å². The first-order chi connectivity index (χ1) is 13.6. The number of nitrogens with one attached hydrogen (secondary N) is 3. The summed E-state index contributed by atoms with van der Waals surface area (Å²) in [6, 6.07) is 11.1. The SMILES string of the molecule is CNc1ccc(NC(=O)c2ccccc2C(=O)O)cc1CNC(=O)OC(C)(C)C. The van der Waals surface area contributed by atoms with Gasteiger partial charge in [-0.05, 0) is 56.7 Å². The van der Waals surface area contributed by atoms with Crippen molar-refractivity contribution in [3.05, 3.63) is 59.2 Å². The fourth-order valence-corrected chi connectivity index (χ4v) is 2.61. The number of hydrogen-bond acceptors (Lipinski definition) is 5. The number of carbonyl (C=O) groups excluding carboxylic acids is 2. The van der Waals surface area contributed by atoms with E-state index in [2.05, 4.69) is 16.0 Å². The Morgan fingerprint density at radius 3 is 2.28 bits per heavy atom. The van der Waals surface area contributed by atoms with Crippen LogP contribution in [0.25, 0.3) is 0 Å². The minimum absolute atomic E-state index is 0.0612. The van der Waals surface area contributed by atoms with Gasteiger partial charge < -0.3 is 25.8 Å². The summed E-state index contributed by atoms with van der Waals surface area (Å²) in [7, 11) is 1.74. The molecule has 154 valence electrons. The standard InChI is InChI=1S/C21H25N3O5/c1-21(2,3)29-20(28)23-12-13-11-14(9-10-17(13)22-4)24-18(25)15-7-5-6-8-16(15)19(26)27/h5-11,22H,12H2,1-4H3,(H,23,28)(H,24,25)(H,26,27). The second-order valence-electron chi connectivity index (χ2n) is 7.28. The Kier molecular flexibility index (Phi) is 6.82. The molecule has 0 aliphatic heterocycles. The van der Waals surface area contributed by atoms with Gasteiger partial charge in [-0.1, -0.05) is 12.1 Å². The molecule has 0 atom stereocenters. The summed E-state index contributed by atoms with van der Waals surface area (Å²) < 4.78 is 5.23. The fraction of sp³-hybridized carbons (Fsp3) is 0.286. The Labute approximate surface area is 169 Å². The second-order valence-corrected chi connectivity index (χ2v) is 7.28. The molecule has 8 heteroatoms. The molecule has 0 spiro atoms. The summed E-state index contributed by atoms with van der Waals surface area (Å²) in [5.41, 5.74) is 1.33. The van der Waals surface area contributed by atoms with E-state index >= 15 is 0 Å². The van der Waals surface area contributed by atoms with Crippen LogP contribution in [0.1, 0.15) is 47.1 Å². The number of hydrogen-bond donors (Lipinski definition) is 4. The maximum absolute atomic E-state index is 12.5. The van der Waals surface area contributed by atoms with Gasteiger partial charge in [0, 0.05) is 25.0 Å². The molecule has 0 aliphatic carbocycles. The van der Waals surface area contributed by atoms with Crippen molar-refractivity contribution < 1.29 is 24.2 Å². The van der Waals surface area contributed by atoms with E-state index < -0.39 is 23.6 Å². The highest BCUT2D eigenvalue weighted by Gasteiger charge is 2.18. The zero-order chi connectivity index (χ0) is 21.6. The highest BCUT2D eigenvalue weighted by molar-refractivity contribution is 6.10. The lowest BCUT2D eigenvalue weighted by atomic mass is 10.1. The molecule has 0 fully saturated rings. The first-order valence-corrected chi connectivity index (χ1v) is 9.02. The first-order valence-electron chi connectivity index (χ1n) is 9.02. The third-order valence-corrected chi connectivity index (χ3v) is 3.86. The van der Waals surface area contributed by atoms with E-state index in [1.54, 1.807) is 58.2 Å². The third kappa shape index (κ3) is 6.24. The van der Waals surface area contributed by atoms with Crippen molar-refractivity contribution in [3.8, 4) is 0 Å². The minimum atomic E-state index is -1.18. The summed E-state index contributed by atoms with van der Waals surface area (Å²) in [5, 5.41) is 17.6. The molecule has 0 saturated heterocycles. The van der Waals surface area contributed by atoms with Crippen LogP contribution in [0, 0.1) is 0 Å². The molecule has 0 saturated carbocycles. The smallest absolute Gasteiger partial charge is 0.407 e. The molecule has 0 aliphatic rings. The molecule has 0 aromatic heterocycles. The van der Waals surface area contributed by atoms with Crippen LogP contribution < -0.4 is 16.0 Å². The number of amides is 2.